The van der Waals surface area contributed by atoms with E-state index in [0.717, 1.165) is 39.3 Å². The first-order valence-corrected chi connectivity index (χ1v) is 11.0. The van der Waals surface area contributed by atoms with Crippen LogP contribution in [0.5, 0.6) is 0 Å². The van der Waals surface area contributed by atoms with Crippen molar-refractivity contribution >= 4 is 11.7 Å². The minimum absolute atomic E-state index is 0.106. The molecule has 0 aliphatic carbocycles. The number of rotatable bonds is 2. The van der Waals surface area contributed by atoms with E-state index in [-0.39, 0.29) is 12.1 Å². The molecule has 1 aliphatic heterocycles. The summed E-state index contributed by atoms with van der Waals surface area (Å²) in [6, 6.07) is 26.8. The van der Waals surface area contributed by atoms with E-state index >= 15 is 0 Å². The molecule has 0 saturated carbocycles. The first kappa shape index (κ1) is 20.1. The zero-order chi connectivity index (χ0) is 22.2. The third-order valence-electron chi connectivity index (χ3n) is 6.09. The van der Waals surface area contributed by atoms with Crippen LogP contribution in [0.2, 0.25) is 0 Å². The lowest BCUT2D eigenvalue weighted by atomic mass is 10.0. The van der Waals surface area contributed by atoms with E-state index in [1.165, 1.54) is 5.56 Å². The van der Waals surface area contributed by atoms with Crippen molar-refractivity contribution in [1.29, 1.82) is 0 Å². The number of carbonyl (C=O) groups excluding carboxylic acids is 1. The van der Waals surface area contributed by atoms with Crippen LogP contribution in [0.1, 0.15) is 39.6 Å². The normalized spacial score (nSPS) is 15.0. The molecule has 1 N–H and O–H groups in total. The fourth-order valence-electron chi connectivity index (χ4n) is 4.68. The quantitative estimate of drug-likeness (QED) is 0.392. The Labute approximate surface area is 189 Å². The van der Waals surface area contributed by atoms with Gasteiger partial charge in [-0.15, -0.1) is 0 Å². The summed E-state index contributed by atoms with van der Waals surface area (Å²) < 4.78 is 2.21. The highest BCUT2D eigenvalue weighted by Gasteiger charge is 2.33. The number of nitrogens with zero attached hydrogens (tertiary/aromatic N) is 2. The second-order valence-electron chi connectivity index (χ2n) is 8.68. The van der Waals surface area contributed by atoms with Crippen LogP contribution in [0.25, 0.3) is 5.69 Å². The molecule has 4 nitrogen and oxygen atoms in total. The molecule has 1 aromatic heterocycles. The molecular weight excluding hydrogens is 394 g/mol. The fraction of sp³-hybridized carbons (Fsp3) is 0.179. The number of aromatic nitrogens is 1. The van der Waals surface area contributed by atoms with Crippen LogP contribution in [-0.4, -0.2) is 15.5 Å². The Balaban J connectivity index is 1.62. The zero-order valence-corrected chi connectivity index (χ0v) is 18.7. The highest BCUT2D eigenvalue weighted by atomic mass is 16.2. The first-order valence-electron chi connectivity index (χ1n) is 11.0. The first-order chi connectivity index (χ1) is 15.5. The predicted molar refractivity (Wildman–Crippen MR) is 129 cm³/mol. The minimum Gasteiger partial charge on any atom is -0.318 e. The predicted octanol–water partition coefficient (Wildman–Crippen LogP) is 6.54. The maximum Gasteiger partial charge on any atom is 0.322 e. The van der Waals surface area contributed by atoms with Crippen molar-refractivity contribution in [1.82, 2.24) is 9.47 Å². The van der Waals surface area contributed by atoms with Gasteiger partial charge in [-0.25, -0.2) is 4.79 Å². The average molecular weight is 422 g/mol. The van der Waals surface area contributed by atoms with Crippen molar-refractivity contribution < 1.29 is 4.79 Å². The fourth-order valence-corrected chi connectivity index (χ4v) is 4.68. The van der Waals surface area contributed by atoms with Crippen molar-refractivity contribution in [2.45, 2.75) is 33.4 Å². The summed E-state index contributed by atoms with van der Waals surface area (Å²) in [5.41, 5.74) is 8.70. The van der Waals surface area contributed by atoms with E-state index in [0.29, 0.717) is 6.54 Å². The van der Waals surface area contributed by atoms with Gasteiger partial charge in [-0.05, 0) is 73.4 Å². The molecular formula is C28H27N3O. The van der Waals surface area contributed by atoms with Gasteiger partial charge >= 0.3 is 6.03 Å². The number of para-hydroxylation sites is 1. The Bertz CT molecular complexity index is 1270. The number of amides is 2. The molecule has 4 heteroatoms. The standard InChI is InChI=1S/C28H27N3O/c1-19-10-12-22(13-11-19)27-26-9-6-14-30(26)25-8-5-4-7-23(25)18-31(27)28(32)29-24-16-20(2)15-21(3)17-24/h4-17,27H,18H2,1-3H3,(H,29,32). The summed E-state index contributed by atoms with van der Waals surface area (Å²) in [7, 11) is 0. The number of benzene rings is 3. The number of aryl methyl sites for hydroxylation is 3. The lowest BCUT2D eigenvalue weighted by Gasteiger charge is -2.31. The topological polar surface area (TPSA) is 37.3 Å². The second-order valence-corrected chi connectivity index (χ2v) is 8.68. The summed E-state index contributed by atoms with van der Waals surface area (Å²) >= 11 is 0. The van der Waals surface area contributed by atoms with Gasteiger partial charge in [0.15, 0.2) is 0 Å². The molecule has 2 heterocycles. The van der Waals surface area contributed by atoms with Gasteiger partial charge in [0.1, 0.15) is 0 Å². The second kappa shape index (κ2) is 8.04. The third kappa shape index (κ3) is 3.69. The van der Waals surface area contributed by atoms with Gasteiger partial charge in [-0.2, -0.15) is 0 Å². The molecule has 3 aromatic carbocycles. The maximum absolute atomic E-state index is 13.7. The van der Waals surface area contributed by atoms with Crippen molar-refractivity contribution in [2.75, 3.05) is 5.32 Å². The molecule has 2 amide bonds. The van der Waals surface area contributed by atoms with Gasteiger partial charge < -0.3 is 14.8 Å². The average Bonchev–Trinajstić information content (AvgIpc) is 3.18. The van der Waals surface area contributed by atoms with Gasteiger partial charge in [0.25, 0.3) is 0 Å². The molecule has 4 aromatic rings. The highest BCUT2D eigenvalue weighted by Crippen LogP contribution is 2.37. The number of urea groups is 1. The van der Waals surface area contributed by atoms with Crippen molar-refractivity contribution in [3.05, 3.63) is 119 Å². The molecule has 0 spiro atoms. The molecule has 32 heavy (non-hydrogen) atoms. The summed E-state index contributed by atoms with van der Waals surface area (Å²) in [6.45, 7) is 6.70. The summed E-state index contributed by atoms with van der Waals surface area (Å²) in [5.74, 6) is 0. The van der Waals surface area contributed by atoms with Crippen LogP contribution in [0, 0.1) is 20.8 Å². The highest BCUT2D eigenvalue weighted by molar-refractivity contribution is 5.90. The lowest BCUT2D eigenvalue weighted by Crippen LogP contribution is -2.38. The SMILES string of the molecule is Cc1ccc(C2c3cccn3-c3ccccc3CN2C(=O)Nc2cc(C)cc(C)c2)cc1. The van der Waals surface area contributed by atoms with E-state index in [2.05, 4.69) is 83.7 Å². The monoisotopic (exact) mass is 421 g/mol. The van der Waals surface area contributed by atoms with E-state index in [1.54, 1.807) is 0 Å². The van der Waals surface area contributed by atoms with E-state index in [1.807, 2.05) is 36.9 Å². The third-order valence-corrected chi connectivity index (χ3v) is 6.09. The van der Waals surface area contributed by atoms with E-state index < -0.39 is 0 Å². The van der Waals surface area contributed by atoms with Crippen molar-refractivity contribution in [3.63, 3.8) is 0 Å². The van der Waals surface area contributed by atoms with Crippen LogP contribution >= 0.6 is 0 Å². The maximum atomic E-state index is 13.7. The largest absolute Gasteiger partial charge is 0.322 e. The summed E-state index contributed by atoms with van der Waals surface area (Å²) in [5, 5.41) is 3.16. The Morgan fingerprint density at radius 3 is 2.31 bits per heavy atom. The molecule has 1 unspecified atom stereocenters. The number of nitrogens with one attached hydrogen (secondary N) is 1. The lowest BCUT2D eigenvalue weighted by molar-refractivity contribution is 0.194. The number of hydrogen-bond acceptors (Lipinski definition) is 1. The molecule has 0 radical (unpaired) electrons. The Kier molecular flexibility index (Phi) is 5.06. The van der Waals surface area contributed by atoms with Crippen molar-refractivity contribution in [3.8, 4) is 5.69 Å². The van der Waals surface area contributed by atoms with Gasteiger partial charge in [-0.3, -0.25) is 0 Å². The molecule has 1 atom stereocenters. The van der Waals surface area contributed by atoms with Gasteiger partial charge in [0.05, 0.1) is 18.3 Å². The van der Waals surface area contributed by atoms with Crippen LogP contribution in [-0.2, 0) is 6.54 Å². The van der Waals surface area contributed by atoms with Crippen LogP contribution in [0.4, 0.5) is 10.5 Å². The minimum atomic E-state index is -0.205. The number of anilines is 1. The molecule has 0 fully saturated rings. The summed E-state index contributed by atoms with van der Waals surface area (Å²) in [6.07, 6.45) is 2.08. The molecule has 0 saturated heterocycles. The van der Waals surface area contributed by atoms with Crippen LogP contribution in [0.3, 0.4) is 0 Å². The molecule has 1 aliphatic rings. The molecule has 160 valence electrons. The van der Waals surface area contributed by atoms with Gasteiger partial charge in [0, 0.05) is 17.6 Å². The van der Waals surface area contributed by atoms with Gasteiger partial charge in [-0.1, -0.05) is 54.1 Å². The smallest absolute Gasteiger partial charge is 0.318 e. The zero-order valence-electron chi connectivity index (χ0n) is 18.7. The van der Waals surface area contributed by atoms with Gasteiger partial charge in [0.2, 0.25) is 0 Å². The Hall–Kier alpha value is -3.79. The van der Waals surface area contributed by atoms with Crippen LogP contribution in [0.15, 0.2) is 85.1 Å². The summed E-state index contributed by atoms with van der Waals surface area (Å²) in [4.78, 5) is 15.7. The molecule has 5 rings (SSSR count). The number of fused-ring (bicyclic) bond motifs is 3. The van der Waals surface area contributed by atoms with E-state index in [4.69, 9.17) is 0 Å². The van der Waals surface area contributed by atoms with Crippen LogP contribution < -0.4 is 5.32 Å². The molecule has 0 bridgehead atoms. The Morgan fingerprint density at radius 2 is 1.56 bits per heavy atom. The Morgan fingerprint density at radius 1 is 0.844 bits per heavy atom. The van der Waals surface area contributed by atoms with E-state index in [9.17, 15) is 4.79 Å². The number of hydrogen-bond donors (Lipinski definition) is 1. The van der Waals surface area contributed by atoms with Crippen molar-refractivity contribution in [2.24, 2.45) is 0 Å². The number of carbonyl (C=O) groups is 1.